The van der Waals surface area contributed by atoms with Crippen LogP contribution >= 0.6 is 0 Å². The van der Waals surface area contributed by atoms with Crippen molar-refractivity contribution in [2.45, 2.75) is 13.8 Å². The molecule has 1 N–H and O–H groups in total. The van der Waals surface area contributed by atoms with Crippen LogP contribution in [0.1, 0.15) is 13.8 Å². The molecule has 0 fully saturated rings. The Balaban J connectivity index is 0.000000133. The third kappa shape index (κ3) is 19.2. The minimum absolute atomic E-state index is 0.313. The Hall–Kier alpha value is -11.2. The van der Waals surface area contributed by atoms with Gasteiger partial charge in [0.15, 0.2) is 0 Å². The average Bonchev–Trinajstić information content (AvgIpc) is 2.20. The summed E-state index contributed by atoms with van der Waals surface area (Å²) in [5.41, 5.74) is 16.1. The summed E-state index contributed by atoms with van der Waals surface area (Å²) >= 11 is 0. The number of rotatable bonds is 7. The van der Waals surface area contributed by atoms with E-state index in [1.54, 1.807) is 50.2 Å². The molecule has 0 saturated heterocycles. The quantitative estimate of drug-likeness (QED) is 0.121. The Morgan fingerprint density at radius 2 is 0.759 bits per heavy atom. The van der Waals surface area contributed by atoms with Crippen LogP contribution in [0, 0.1) is 0 Å². The summed E-state index contributed by atoms with van der Waals surface area (Å²) in [5.74, 6) is 0.313. The predicted octanol–water partition coefficient (Wildman–Crippen LogP) is 16.8. The molecule has 0 aliphatic carbocycles. The molecule has 13 nitrogen and oxygen atoms in total. The lowest BCUT2D eigenvalue weighted by molar-refractivity contribution is 0.414. The normalized spacial score (nSPS) is 12.3. The number of allylic oxidation sites excluding steroid dienone is 3. The molecule has 14 rings (SSSR count). The van der Waals surface area contributed by atoms with Gasteiger partial charge < -0.3 is 34.5 Å². The lowest BCUT2D eigenvalue weighted by atomic mass is 10.1. The van der Waals surface area contributed by atoms with Gasteiger partial charge in [-0.3, -0.25) is 29.9 Å². The fourth-order valence-corrected chi connectivity index (χ4v) is 9.26. The first-order valence-electron chi connectivity index (χ1n) is 28.5. The lowest BCUT2D eigenvalue weighted by Crippen LogP contribution is -2.23. The number of benzene rings is 5. The van der Waals surface area contributed by atoms with Crippen LogP contribution in [0.25, 0.3) is 33.6 Å². The van der Waals surface area contributed by atoms with E-state index in [0.29, 0.717) is 5.76 Å². The monoisotopic (exact) mass is 1150 g/mol. The molecule has 0 saturated carbocycles. The second-order valence-electron chi connectivity index (χ2n) is 20.2. The van der Waals surface area contributed by atoms with Crippen LogP contribution in [0.5, 0.6) is 0 Å². The predicted molar refractivity (Wildman–Crippen MR) is 361 cm³/mol. The Labute approximate surface area is 513 Å². The van der Waals surface area contributed by atoms with Crippen LogP contribution in [-0.4, -0.2) is 81.1 Å². The second kappa shape index (κ2) is 33.2. The molecule has 6 aromatic heterocycles. The van der Waals surface area contributed by atoms with E-state index in [9.17, 15) is 0 Å². The number of nitrogens with zero attached hydrogens (tertiary/aromatic N) is 12. The Bertz CT molecular complexity index is 3390. The van der Waals surface area contributed by atoms with Crippen LogP contribution < -0.4 is 24.5 Å². The first-order valence-corrected chi connectivity index (χ1v) is 28.5. The van der Waals surface area contributed by atoms with E-state index in [0.717, 1.165) is 59.5 Å². The van der Waals surface area contributed by atoms with Crippen molar-refractivity contribution < 1.29 is 5.11 Å². The van der Waals surface area contributed by atoms with E-state index in [4.69, 9.17) is 5.11 Å². The number of anilines is 7. The van der Waals surface area contributed by atoms with Crippen molar-refractivity contribution in [3.05, 3.63) is 323 Å². The SMILES string of the molecule is C=C(C)C=C(C)O.CN1C=CN(c2cccnc2)C1.CN1CN(c2ccccc2)c2ccccc21.CN1CN(c2cccnc2)c2ccccc21.c1ccc(-c2ccccc2)cc1.c1ccc(-c2ccccn2)nc1.c1cncc(-c2cccnc2)c1. The fourth-order valence-electron chi connectivity index (χ4n) is 9.26. The third-order valence-electron chi connectivity index (χ3n) is 13.3. The largest absolute Gasteiger partial charge is 0.513 e. The summed E-state index contributed by atoms with van der Waals surface area (Å²) in [6, 6.07) is 75.8. The van der Waals surface area contributed by atoms with Gasteiger partial charge in [-0.15, -0.1) is 0 Å². The highest BCUT2D eigenvalue weighted by Gasteiger charge is 2.24. The van der Waals surface area contributed by atoms with Gasteiger partial charge in [-0.1, -0.05) is 140 Å². The number of aromatic nitrogens is 6. The zero-order chi connectivity index (χ0) is 60.8. The van der Waals surface area contributed by atoms with Gasteiger partial charge in [0.1, 0.15) is 0 Å². The molecule has 87 heavy (non-hydrogen) atoms. The Kier molecular flexibility index (Phi) is 23.6. The van der Waals surface area contributed by atoms with Gasteiger partial charge in [-0.25, -0.2) is 0 Å². The highest BCUT2D eigenvalue weighted by molar-refractivity contribution is 5.83. The summed E-state index contributed by atoms with van der Waals surface area (Å²) in [4.78, 5) is 38.0. The van der Waals surface area contributed by atoms with Crippen molar-refractivity contribution in [1.82, 2.24) is 34.8 Å². The molecule has 3 aliphatic heterocycles. The molecule has 3 aliphatic rings. The Morgan fingerprint density at radius 1 is 0.379 bits per heavy atom. The molecule has 0 spiro atoms. The fraction of sp³-hybridized carbons (Fsp3) is 0.108. The van der Waals surface area contributed by atoms with Crippen molar-refractivity contribution >= 4 is 39.8 Å². The summed E-state index contributed by atoms with van der Waals surface area (Å²) in [5, 5.41) is 8.52. The standard InChI is InChI=1S/C14H14N2.C13H13N3.C12H10.2C10H8N2.C9H11N3.C6H10O/c1-15-11-16(12-7-3-2-4-8-12)14-10-6-5-9-13(14)15;1-15-10-16(11-5-4-8-14-9-11)13-7-3-2-6-12(13)15;1-3-7-11(8-4-1)12-9-5-2-6-10-12;1-3-9(7-11-5-1)10-4-2-6-12-8-10;1-3-7-11-9(5-1)10-6-2-4-8-12-10;1-11-5-6-12(8-11)9-3-2-4-10-7-9;1-5(2)4-6(3)7/h2-10H,11H2,1H3;2-9H,10H2,1H3;1-10H;2*1-8H;2-7H,8H2,1H3;4,7H,1H2,2-3H3. The number of pyridine rings is 6. The van der Waals surface area contributed by atoms with Gasteiger partial charge in [-0.05, 0) is 128 Å². The summed E-state index contributed by atoms with van der Waals surface area (Å²) < 4.78 is 0. The molecular formula is C74H74N12O. The molecule has 0 amide bonds. The van der Waals surface area contributed by atoms with Crippen molar-refractivity contribution in [2.75, 3.05) is 65.6 Å². The topological polar surface area (TPSA) is 117 Å². The number of hydrogen-bond acceptors (Lipinski definition) is 13. The van der Waals surface area contributed by atoms with Crippen LogP contribution in [-0.2, 0) is 0 Å². The number of para-hydroxylation sites is 5. The van der Waals surface area contributed by atoms with Crippen molar-refractivity contribution in [2.24, 2.45) is 0 Å². The van der Waals surface area contributed by atoms with Gasteiger partial charge in [0.05, 0.1) is 83.7 Å². The smallest absolute Gasteiger partial charge is 0.0950 e. The van der Waals surface area contributed by atoms with E-state index in [1.165, 1.54) is 39.6 Å². The number of fused-ring (bicyclic) bond motifs is 2. The summed E-state index contributed by atoms with van der Waals surface area (Å²) in [6.45, 7) is 9.72. The van der Waals surface area contributed by atoms with Crippen molar-refractivity contribution in [3.63, 3.8) is 0 Å². The molecule has 0 radical (unpaired) electrons. The van der Waals surface area contributed by atoms with Gasteiger partial charge in [-0.2, -0.15) is 0 Å². The van der Waals surface area contributed by atoms with E-state index in [2.05, 4.69) is 226 Å². The van der Waals surface area contributed by atoms with Gasteiger partial charge >= 0.3 is 0 Å². The summed E-state index contributed by atoms with van der Waals surface area (Å²) in [7, 11) is 6.28. The maximum Gasteiger partial charge on any atom is 0.0950 e. The minimum Gasteiger partial charge on any atom is -0.513 e. The molecule has 11 aromatic rings. The minimum atomic E-state index is 0.313. The van der Waals surface area contributed by atoms with Crippen LogP contribution in [0.4, 0.5) is 39.8 Å². The molecule has 0 bridgehead atoms. The maximum absolute atomic E-state index is 8.52. The number of aliphatic hydroxyl groups is 1. The maximum atomic E-state index is 8.52. The second-order valence-corrected chi connectivity index (χ2v) is 20.2. The third-order valence-corrected chi connectivity index (χ3v) is 13.3. The van der Waals surface area contributed by atoms with Gasteiger partial charge in [0.2, 0.25) is 0 Å². The molecule has 9 heterocycles. The molecule has 5 aromatic carbocycles. The molecule has 0 atom stereocenters. The van der Waals surface area contributed by atoms with Gasteiger partial charge in [0.25, 0.3) is 0 Å². The zero-order valence-corrected chi connectivity index (χ0v) is 50.0. The van der Waals surface area contributed by atoms with Crippen LogP contribution in [0.3, 0.4) is 0 Å². The van der Waals surface area contributed by atoms with E-state index in [1.807, 2.05) is 130 Å². The van der Waals surface area contributed by atoms with Crippen molar-refractivity contribution in [3.8, 4) is 33.6 Å². The molecule has 436 valence electrons. The highest BCUT2D eigenvalue weighted by atomic mass is 16.3. The van der Waals surface area contributed by atoms with Crippen LogP contribution in [0.15, 0.2) is 323 Å². The molecule has 0 unspecified atom stereocenters. The zero-order valence-electron chi connectivity index (χ0n) is 50.0. The lowest BCUT2D eigenvalue weighted by Gasteiger charge is -2.19. The Morgan fingerprint density at radius 3 is 1.13 bits per heavy atom. The average molecular weight is 1150 g/mol. The van der Waals surface area contributed by atoms with E-state index < -0.39 is 0 Å². The first-order chi connectivity index (χ1) is 42.6. The van der Waals surface area contributed by atoms with Crippen molar-refractivity contribution in [1.29, 1.82) is 0 Å². The molecular weight excluding hydrogens is 1070 g/mol. The first kappa shape index (κ1) is 61.9. The number of aliphatic hydroxyl groups excluding tert-OH is 1. The van der Waals surface area contributed by atoms with E-state index in [-0.39, 0.29) is 0 Å². The number of hydrogen-bond donors (Lipinski definition) is 1. The van der Waals surface area contributed by atoms with Gasteiger partial charge in [0, 0.05) is 99.9 Å². The molecule has 13 heteroatoms. The summed E-state index contributed by atoms with van der Waals surface area (Å²) in [6.07, 6.45) is 23.8. The van der Waals surface area contributed by atoms with E-state index >= 15 is 0 Å². The highest BCUT2D eigenvalue weighted by Crippen LogP contribution is 2.40. The van der Waals surface area contributed by atoms with Crippen LogP contribution in [0.2, 0.25) is 0 Å².